The second-order valence-electron chi connectivity index (χ2n) is 6.56. The van der Waals surface area contributed by atoms with Crippen molar-refractivity contribution in [3.63, 3.8) is 0 Å². The van der Waals surface area contributed by atoms with E-state index in [0.717, 1.165) is 13.1 Å². The highest BCUT2D eigenvalue weighted by Crippen LogP contribution is 2.41. The highest BCUT2D eigenvalue weighted by Gasteiger charge is 2.52. The molecule has 0 aliphatic carbocycles. The molecule has 2 N–H and O–H groups in total. The molecule has 1 fully saturated rings. The zero-order valence-electron chi connectivity index (χ0n) is 12.4. The number of unbranched alkanes of at least 4 members (excludes halogenated alkanes) is 1. The van der Waals surface area contributed by atoms with Crippen LogP contribution < -0.4 is 5.73 Å². The molecule has 3 heteroatoms. The largest absolute Gasteiger partial charge is 0.368 e. The predicted octanol–water partition coefficient (Wildman–Crippen LogP) is 2.25. The Morgan fingerprint density at radius 3 is 2.18 bits per heavy atom. The Morgan fingerprint density at radius 2 is 1.76 bits per heavy atom. The summed E-state index contributed by atoms with van der Waals surface area (Å²) in [5.74, 6) is 0.402. The molecule has 1 aliphatic heterocycles. The number of nitrogens with two attached hydrogens (primary N) is 1. The second-order valence-corrected chi connectivity index (χ2v) is 6.56. The fraction of sp³-hybridized carbons (Fsp3) is 1.00. The smallest absolute Gasteiger partial charge is 0.0788 e. The summed E-state index contributed by atoms with van der Waals surface area (Å²) < 4.78 is 6.11. The molecular weight excluding hydrogens is 212 g/mol. The van der Waals surface area contributed by atoms with E-state index in [0.29, 0.717) is 5.92 Å². The highest BCUT2D eigenvalue weighted by atomic mass is 16.5. The number of rotatable bonds is 5. The van der Waals surface area contributed by atoms with Gasteiger partial charge >= 0.3 is 0 Å². The van der Waals surface area contributed by atoms with Crippen molar-refractivity contribution in [3.8, 4) is 0 Å². The summed E-state index contributed by atoms with van der Waals surface area (Å²) in [7, 11) is 2.18. The van der Waals surface area contributed by atoms with Crippen LogP contribution in [0.2, 0.25) is 0 Å². The molecule has 0 aromatic heterocycles. The summed E-state index contributed by atoms with van der Waals surface area (Å²) in [5, 5.41) is 0. The molecule has 0 spiro atoms. The van der Waals surface area contributed by atoms with Gasteiger partial charge in [-0.15, -0.1) is 0 Å². The molecule has 0 saturated carbocycles. The lowest BCUT2D eigenvalue weighted by molar-refractivity contribution is -0.0780. The van der Waals surface area contributed by atoms with Gasteiger partial charge in [-0.1, -0.05) is 13.3 Å². The van der Waals surface area contributed by atoms with Crippen LogP contribution in [0.4, 0.5) is 0 Å². The number of hydrogen-bond acceptors (Lipinski definition) is 3. The highest BCUT2D eigenvalue weighted by molar-refractivity contribution is 5.04. The molecule has 0 bridgehead atoms. The molecule has 2 unspecified atom stereocenters. The van der Waals surface area contributed by atoms with Gasteiger partial charge < -0.3 is 15.4 Å². The molecule has 102 valence electrons. The van der Waals surface area contributed by atoms with E-state index in [2.05, 4.69) is 46.6 Å². The minimum absolute atomic E-state index is 0.113. The number of hydrogen-bond donors (Lipinski definition) is 1. The summed E-state index contributed by atoms with van der Waals surface area (Å²) >= 11 is 0. The van der Waals surface area contributed by atoms with Crippen molar-refractivity contribution < 1.29 is 4.74 Å². The van der Waals surface area contributed by atoms with Gasteiger partial charge in [0.25, 0.3) is 0 Å². The van der Waals surface area contributed by atoms with Gasteiger partial charge in [0.05, 0.1) is 11.2 Å². The summed E-state index contributed by atoms with van der Waals surface area (Å²) in [6, 6.07) is 0.113. The van der Waals surface area contributed by atoms with Crippen molar-refractivity contribution in [2.45, 2.75) is 64.7 Å². The van der Waals surface area contributed by atoms with Crippen molar-refractivity contribution in [2.24, 2.45) is 11.7 Å². The quantitative estimate of drug-likeness (QED) is 0.803. The third-order valence-electron chi connectivity index (χ3n) is 4.06. The fourth-order valence-corrected chi connectivity index (χ4v) is 2.93. The minimum Gasteiger partial charge on any atom is -0.368 e. The van der Waals surface area contributed by atoms with Crippen LogP contribution in [-0.2, 0) is 4.74 Å². The molecule has 0 aromatic rings. The van der Waals surface area contributed by atoms with Crippen molar-refractivity contribution in [2.75, 3.05) is 20.1 Å². The van der Waals surface area contributed by atoms with Crippen LogP contribution in [0.15, 0.2) is 0 Å². The number of ether oxygens (including phenoxy) is 1. The summed E-state index contributed by atoms with van der Waals surface area (Å²) in [6.07, 6.45) is 2.50. The zero-order chi connectivity index (χ0) is 13.3. The monoisotopic (exact) mass is 242 g/mol. The minimum atomic E-state index is -0.209. The molecule has 1 saturated heterocycles. The lowest BCUT2D eigenvalue weighted by Crippen LogP contribution is -2.47. The topological polar surface area (TPSA) is 38.5 Å². The molecule has 1 heterocycles. The molecule has 2 atom stereocenters. The Hall–Kier alpha value is -0.120. The van der Waals surface area contributed by atoms with E-state index < -0.39 is 0 Å². The van der Waals surface area contributed by atoms with Crippen LogP contribution in [-0.4, -0.2) is 42.3 Å². The van der Waals surface area contributed by atoms with Gasteiger partial charge in [0.1, 0.15) is 0 Å². The first-order valence-electron chi connectivity index (χ1n) is 6.85. The molecule has 1 aliphatic rings. The second kappa shape index (κ2) is 5.25. The molecule has 3 nitrogen and oxygen atoms in total. The average Bonchev–Trinajstić information content (AvgIpc) is 2.33. The maximum atomic E-state index is 6.36. The lowest BCUT2D eigenvalue weighted by Gasteiger charge is -2.31. The molecule has 0 radical (unpaired) electrons. The van der Waals surface area contributed by atoms with Gasteiger partial charge in [-0.3, -0.25) is 0 Å². The first kappa shape index (κ1) is 14.9. The summed E-state index contributed by atoms with van der Waals surface area (Å²) in [4.78, 5) is 2.39. The first-order chi connectivity index (χ1) is 7.70. The van der Waals surface area contributed by atoms with Crippen molar-refractivity contribution in [1.29, 1.82) is 0 Å². The van der Waals surface area contributed by atoms with Crippen molar-refractivity contribution >= 4 is 0 Å². The van der Waals surface area contributed by atoms with Crippen LogP contribution in [0.25, 0.3) is 0 Å². The SMILES string of the molecule is CCCCN(C)CC1C(N)C(C)(C)OC1(C)C. The van der Waals surface area contributed by atoms with E-state index in [1.54, 1.807) is 0 Å². The normalized spacial score (nSPS) is 31.1. The Morgan fingerprint density at radius 1 is 1.18 bits per heavy atom. The third-order valence-corrected chi connectivity index (χ3v) is 4.06. The molecule has 0 amide bonds. The van der Waals surface area contributed by atoms with Gasteiger partial charge in [0, 0.05) is 18.5 Å². The van der Waals surface area contributed by atoms with E-state index in [4.69, 9.17) is 10.5 Å². The molecule has 17 heavy (non-hydrogen) atoms. The molecule has 1 rings (SSSR count). The van der Waals surface area contributed by atoms with Gasteiger partial charge in [-0.25, -0.2) is 0 Å². The predicted molar refractivity (Wildman–Crippen MR) is 73.1 cm³/mol. The van der Waals surface area contributed by atoms with E-state index in [1.807, 2.05) is 0 Å². The maximum absolute atomic E-state index is 6.36. The first-order valence-corrected chi connectivity index (χ1v) is 6.85. The van der Waals surface area contributed by atoms with Gasteiger partial charge in [-0.05, 0) is 47.7 Å². The lowest BCUT2D eigenvalue weighted by atomic mass is 9.83. The molecule has 0 aromatic carbocycles. The van der Waals surface area contributed by atoms with Gasteiger partial charge in [0.15, 0.2) is 0 Å². The Labute approximate surface area is 107 Å². The average molecular weight is 242 g/mol. The Balaban J connectivity index is 2.63. The molecular formula is C14H30N2O. The van der Waals surface area contributed by atoms with Crippen LogP contribution in [0.1, 0.15) is 47.5 Å². The van der Waals surface area contributed by atoms with E-state index >= 15 is 0 Å². The van der Waals surface area contributed by atoms with Crippen molar-refractivity contribution in [1.82, 2.24) is 4.90 Å². The van der Waals surface area contributed by atoms with E-state index in [1.165, 1.54) is 12.8 Å². The number of nitrogens with zero attached hydrogens (tertiary/aromatic N) is 1. The van der Waals surface area contributed by atoms with Gasteiger partial charge in [0.2, 0.25) is 0 Å². The summed E-state index contributed by atoms with van der Waals surface area (Å²) in [5.41, 5.74) is 6.03. The fourth-order valence-electron chi connectivity index (χ4n) is 2.93. The van der Waals surface area contributed by atoms with E-state index in [-0.39, 0.29) is 17.2 Å². The van der Waals surface area contributed by atoms with Crippen LogP contribution >= 0.6 is 0 Å². The summed E-state index contributed by atoms with van der Waals surface area (Å²) in [6.45, 7) is 12.9. The van der Waals surface area contributed by atoms with Crippen LogP contribution in [0.3, 0.4) is 0 Å². The van der Waals surface area contributed by atoms with E-state index in [9.17, 15) is 0 Å². The standard InChI is InChI=1S/C14H30N2O/c1-7-8-9-16(6)10-11-12(15)14(4,5)17-13(11,2)3/h11-12H,7-10,15H2,1-6H3. The van der Waals surface area contributed by atoms with Crippen LogP contribution in [0, 0.1) is 5.92 Å². The van der Waals surface area contributed by atoms with Crippen molar-refractivity contribution in [3.05, 3.63) is 0 Å². The van der Waals surface area contributed by atoms with Gasteiger partial charge in [-0.2, -0.15) is 0 Å². The zero-order valence-corrected chi connectivity index (χ0v) is 12.4. The Kier molecular flexibility index (Phi) is 4.61. The third kappa shape index (κ3) is 3.43. The maximum Gasteiger partial charge on any atom is 0.0788 e. The van der Waals surface area contributed by atoms with Crippen LogP contribution in [0.5, 0.6) is 0 Å². The Bertz CT molecular complexity index is 251.